The molecule has 112 valence electrons. The molecule has 3 saturated heterocycles. The molecule has 1 aromatic rings. The highest BCUT2D eigenvalue weighted by molar-refractivity contribution is 6.31. The fraction of sp³-hybridized carbons (Fsp3) is 0.600. The molecule has 1 N–H and O–H groups in total. The third-order valence-corrected chi connectivity index (χ3v) is 5.29. The van der Waals surface area contributed by atoms with Gasteiger partial charge in [0, 0.05) is 18.7 Å². The summed E-state index contributed by atoms with van der Waals surface area (Å²) in [6.07, 6.45) is 4.10. The van der Waals surface area contributed by atoms with Crippen LogP contribution in [0.25, 0.3) is 0 Å². The van der Waals surface area contributed by atoms with Crippen molar-refractivity contribution in [3.8, 4) is 0 Å². The van der Waals surface area contributed by atoms with Gasteiger partial charge in [0.1, 0.15) is 11.4 Å². The number of pyridine rings is 1. The van der Waals surface area contributed by atoms with Crippen LogP contribution >= 0.6 is 11.6 Å². The first-order valence-corrected chi connectivity index (χ1v) is 7.87. The molecule has 5 nitrogen and oxygen atoms in total. The molecule has 0 saturated carbocycles. The molecule has 1 aromatic heterocycles. The third kappa shape index (κ3) is 2.28. The summed E-state index contributed by atoms with van der Waals surface area (Å²) in [5, 5.41) is 3.85. The van der Waals surface area contributed by atoms with E-state index in [1.54, 1.807) is 6.20 Å². The Morgan fingerprint density at radius 3 is 2.90 bits per heavy atom. The predicted molar refractivity (Wildman–Crippen MR) is 82.9 cm³/mol. The molecule has 0 aromatic carbocycles. The SMILES string of the molecule is Cc1cc(NC2=NCC3(CN4CCC3CC4)O2)ncc1Cl. The Balaban J connectivity index is 1.47. The summed E-state index contributed by atoms with van der Waals surface area (Å²) in [7, 11) is 0. The number of nitrogens with zero attached hydrogens (tertiary/aromatic N) is 3. The molecule has 4 aliphatic heterocycles. The summed E-state index contributed by atoms with van der Waals surface area (Å²) in [4.78, 5) is 11.3. The number of aliphatic imine (C=N–C) groups is 1. The minimum Gasteiger partial charge on any atom is -0.455 e. The Kier molecular flexibility index (Phi) is 3.08. The maximum atomic E-state index is 6.22. The van der Waals surface area contributed by atoms with Gasteiger partial charge in [-0.2, -0.15) is 0 Å². The number of aromatic nitrogens is 1. The van der Waals surface area contributed by atoms with Gasteiger partial charge < -0.3 is 4.74 Å². The number of fused-ring (bicyclic) bond motifs is 2. The second-order valence-corrected chi connectivity index (χ2v) is 6.69. The highest BCUT2D eigenvalue weighted by Crippen LogP contribution is 2.40. The molecule has 1 atom stereocenters. The van der Waals surface area contributed by atoms with E-state index in [0.29, 0.717) is 17.0 Å². The summed E-state index contributed by atoms with van der Waals surface area (Å²) < 4.78 is 6.22. The number of hydrogen-bond donors (Lipinski definition) is 1. The first kappa shape index (κ1) is 13.3. The van der Waals surface area contributed by atoms with E-state index in [2.05, 4.69) is 20.2 Å². The first-order valence-electron chi connectivity index (χ1n) is 7.50. The average molecular weight is 307 g/mol. The molecule has 1 unspecified atom stereocenters. The fourth-order valence-corrected chi connectivity index (χ4v) is 3.77. The Morgan fingerprint density at radius 2 is 2.24 bits per heavy atom. The lowest BCUT2D eigenvalue weighted by atomic mass is 9.75. The van der Waals surface area contributed by atoms with Crippen molar-refractivity contribution < 1.29 is 4.74 Å². The zero-order valence-electron chi connectivity index (χ0n) is 12.1. The summed E-state index contributed by atoms with van der Waals surface area (Å²) in [5.74, 6) is 1.36. The van der Waals surface area contributed by atoms with Gasteiger partial charge in [-0.25, -0.2) is 9.98 Å². The van der Waals surface area contributed by atoms with Gasteiger partial charge >= 0.3 is 0 Å². The lowest BCUT2D eigenvalue weighted by Crippen LogP contribution is -2.61. The van der Waals surface area contributed by atoms with Crippen molar-refractivity contribution in [3.63, 3.8) is 0 Å². The third-order valence-electron chi connectivity index (χ3n) is 4.90. The molecule has 5 heterocycles. The van der Waals surface area contributed by atoms with E-state index in [4.69, 9.17) is 16.3 Å². The van der Waals surface area contributed by atoms with Gasteiger partial charge in [0.2, 0.25) is 0 Å². The van der Waals surface area contributed by atoms with Crippen LogP contribution < -0.4 is 5.32 Å². The number of piperidine rings is 3. The van der Waals surface area contributed by atoms with Crippen LogP contribution in [0.4, 0.5) is 5.82 Å². The van der Waals surface area contributed by atoms with Gasteiger partial charge in [-0.15, -0.1) is 0 Å². The molecular weight excluding hydrogens is 288 g/mol. The molecule has 0 amide bonds. The van der Waals surface area contributed by atoms with Crippen LogP contribution in [-0.4, -0.2) is 47.7 Å². The summed E-state index contributed by atoms with van der Waals surface area (Å²) in [5.41, 5.74) is 0.880. The smallest absolute Gasteiger partial charge is 0.291 e. The standard InChI is InChI=1S/C15H19ClN4O/c1-10-6-13(17-7-12(10)16)19-14-18-8-15(21-14)9-20-4-2-11(15)3-5-20/h6-7,11H,2-5,8-9H2,1H3,(H,17,18,19). The number of ether oxygens (including phenoxy) is 1. The predicted octanol–water partition coefficient (Wildman–Crippen LogP) is 2.31. The molecule has 5 rings (SSSR count). The minimum absolute atomic E-state index is 0.111. The van der Waals surface area contributed by atoms with Crippen molar-refractivity contribution in [2.24, 2.45) is 10.9 Å². The zero-order chi connectivity index (χ0) is 14.4. The minimum atomic E-state index is -0.111. The zero-order valence-corrected chi connectivity index (χ0v) is 12.9. The van der Waals surface area contributed by atoms with E-state index >= 15 is 0 Å². The molecule has 0 aliphatic carbocycles. The van der Waals surface area contributed by atoms with Gasteiger partial charge in [-0.1, -0.05) is 11.6 Å². The monoisotopic (exact) mass is 306 g/mol. The number of halogens is 1. The Bertz CT molecular complexity index is 597. The lowest BCUT2D eigenvalue weighted by Gasteiger charge is -2.50. The quantitative estimate of drug-likeness (QED) is 0.865. The first-order chi connectivity index (χ1) is 10.1. The Labute approximate surface area is 129 Å². The second-order valence-electron chi connectivity index (χ2n) is 6.28. The van der Waals surface area contributed by atoms with Crippen LogP contribution in [0, 0.1) is 12.8 Å². The number of rotatable bonds is 1. The topological polar surface area (TPSA) is 49.8 Å². The van der Waals surface area contributed by atoms with Gasteiger partial charge in [0.15, 0.2) is 0 Å². The number of anilines is 1. The Morgan fingerprint density at radius 1 is 1.43 bits per heavy atom. The van der Waals surface area contributed by atoms with E-state index in [-0.39, 0.29) is 5.60 Å². The highest BCUT2D eigenvalue weighted by Gasteiger charge is 2.51. The molecule has 3 fully saturated rings. The summed E-state index contributed by atoms with van der Waals surface area (Å²) >= 11 is 6.00. The van der Waals surface area contributed by atoms with Gasteiger partial charge in [0.05, 0.1) is 11.6 Å². The summed E-state index contributed by atoms with van der Waals surface area (Å²) in [6.45, 7) is 6.12. The summed E-state index contributed by atoms with van der Waals surface area (Å²) in [6, 6.07) is 2.51. The largest absolute Gasteiger partial charge is 0.455 e. The van der Waals surface area contributed by atoms with Crippen LogP contribution in [-0.2, 0) is 4.74 Å². The van der Waals surface area contributed by atoms with Crippen molar-refractivity contribution in [1.82, 2.24) is 9.88 Å². The maximum absolute atomic E-state index is 6.22. The molecule has 6 heteroatoms. The van der Waals surface area contributed by atoms with Crippen molar-refractivity contribution in [3.05, 3.63) is 22.8 Å². The van der Waals surface area contributed by atoms with Crippen molar-refractivity contribution in [2.45, 2.75) is 25.4 Å². The average Bonchev–Trinajstić information content (AvgIpc) is 2.87. The van der Waals surface area contributed by atoms with Crippen molar-refractivity contribution in [1.29, 1.82) is 0 Å². The molecule has 4 aliphatic rings. The number of hydrogen-bond acceptors (Lipinski definition) is 5. The molecular formula is C15H19ClN4O. The van der Waals surface area contributed by atoms with E-state index in [0.717, 1.165) is 24.5 Å². The Hall–Kier alpha value is -1.33. The van der Waals surface area contributed by atoms with E-state index in [1.807, 2.05) is 13.0 Å². The van der Waals surface area contributed by atoms with Gasteiger partial charge in [0.25, 0.3) is 6.02 Å². The fourth-order valence-electron chi connectivity index (χ4n) is 3.66. The van der Waals surface area contributed by atoms with Gasteiger partial charge in [-0.05, 0) is 44.5 Å². The van der Waals surface area contributed by atoms with Crippen molar-refractivity contribution >= 4 is 23.4 Å². The number of nitrogens with one attached hydrogen (secondary N) is 1. The maximum Gasteiger partial charge on any atom is 0.291 e. The molecule has 2 bridgehead atoms. The highest BCUT2D eigenvalue weighted by atomic mass is 35.5. The number of amidine groups is 1. The van der Waals surface area contributed by atoms with Crippen LogP contribution in [0.1, 0.15) is 18.4 Å². The van der Waals surface area contributed by atoms with Crippen LogP contribution in [0.3, 0.4) is 0 Å². The van der Waals surface area contributed by atoms with E-state index < -0.39 is 0 Å². The van der Waals surface area contributed by atoms with E-state index in [1.165, 1.54) is 25.9 Å². The normalized spacial score (nSPS) is 33.9. The van der Waals surface area contributed by atoms with Crippen molar-refractivity contribution in [2.75, 3.05) is 31.5 Å². The molecule has 21 heavy (non-hydrogen) atoms. The lowest BCUT2D eigenvalue weighted by molar-refractivity contribution is -0.0829. The van der Waals surface area contributed by atoms with Crippen LogP contribution in [0.5, 0.6) is 0 Å². The van der Waals surface area contributed by atoms with Crippen LogP contribution in [0.15, 0.2) is 17.3 Å². The second kappa shape index (κ2) is 4.85. The van der Waals surface area contributed by atoms with Gasteiger partial charge in [-0.3, -0.25) is 10.2 Å². The van der Waals surface area contributed by atoms with E-state index in [9.17, 15) is 0 Å². The van der Waals surface area contributed by atoms with Crippen LogP contribution in [0.2, 0.25) is 5.02 Å². The molecule has 1 spiro atoms. The molecule has 0 radical (unpaired) electrons. The number of aryl methyl sites for hydroxylation is 1.